The van der Waals surface area contributed by atoms with E-state index in [2.05, 4.69) is 10.5 Å². The van der Waals surface area contributed by atoms with Gasteiger partial charge in [-0.15, -0.1) is 0 Å². The maximum Gasteiger partial charge on any atom is 0.441 e. The van der Waals surface area contributed by atoms with E-state index in [0.29, 0.717) is 23.4 Å². The molecule has 4 aromatic rings. The van der Waals surface area contributed by atoms with Crippen LogP contribution in [0.5, 0.6) is 0 Å². The van der Waals surface area contributed by atoms with Crippen molar-refractivity contribution >= 4 is 27.6 Å². The molecular formula is C20H16N2O3. The van der Waals surface area contributed by atoms with Crippen LogP contribution in [-0.4, -0.2) is 11.6 Å². The van der Waals surface area contributed by atoms with Gasteiger partial charge in [-0.25, -0.2) is 10.3 Å². The Morgan fingerprint density at radius 3 is 2.48 bits per heavy atom. The molecule has 1 aromatic heterocycles. The zero-order valence-corrected chi connectivity index (χ0v) is 13.4. The van der Waals surface area contributed by atoms with E-state index in [4.69, 9.17) is 9.25 Å². The zero-order valence-electron chi connectivity index (χ0n) is 13.4. The highest BCUT2D eigenvalue weighted by atomic mass is 16.6. The molecule has 0 radical (unpaired) electrons. The van der Waals surface area contributed by atoms with Crippen LogP contribution in [0.4, 0.5) is 5.82 Å². The van der Waals surface area contributed by atoms with Gasteiger partial charge < -0.3 is 4.42 Å². The number of hydrogen-bond acceptors (Lipinski definition) is 5. The van der Waals surface area contributed by atoms with Crippen molar-refractivity contribution < 1.29 is 9.25 Å². The molecule has 124 valence electrons. The Balaban J connectivity index is 1.58. The molecule has 0 bridgehead atoms. The molecule has 1 N–H and O–H groups in total. The molecule has 0 aliphatic heterocycles. The number of rotatable bonds is 5. The van der Waals surface area contributed by atoms with Crippen LogP contribution in [0, 0.1) is 0 Å². The van der Waals surface area contributed by atoms with Gasteiger partial charge in [-0.2, -0.15) is 4.98 Å². The Hall–Kier alpha value is -3.18. The van der Waals surface area contributed by atoms with Crippen LogP contribution in [-0.2, 0) is 11.3 Å². The lowest BCUT2D eigenvalue weighted by Gasteiger charge is -2.09. The van der Waals surface area contributed by atoms with Crippen molar-refractivity contribution in [2.45, 2.75) is 6.42 Å². The fourth-order valence-corrected chi connectivity index (χ4v) is 2.77. The maximum atomic E-state index is 11.7. The van der Waals surface area contributed by atoms with Gasteiger partial charge in [0.15, 0.2) is 5.82 Å². The lowest BCUT2D eigenvalue weighted by Crippen LogP contribution is -2.12. The average molecular weight is 332 g/mol. The summed E-state index contributed by atoms with van der Waals surface area (Å²) in [5.41, 5.74) is 4.45. The van der Waals surface area contributed by atoms with Gasteiger partial charge in [-0.05, 0) is 34.9 Å². The maximum absolute atomic E-state index is 11.7. The first-order chi connectivity index (χ1) is 12.3. The van der Waals surface area contributed by atoms with Gasteiger partial charge in [0.1, 0.15) is 5.58 Å². The van der Waals surface area contributed by atoms with Crippen LogP contribution in [0.2, 0.25) is 0 Å². The van der Waals surface area contributed by atoms with Gasteiger partial charge in [-0.3, -0.25) is 4.84 Å². The zero-order chi connectivity index (χ0) is 17.1. The monoisotopic (exact) mass is 332 g/mol. The predicted molar refractivity (Wildman–Crippen MR) is 97.5 cm³/mol. The standard InChI is InChI=1S/C20H16N2O3/c23-20-21-19(22-24-11-10-14-6-2-1-3-7-14)17-12-15-8-4-5-9-16(15)13-18(17)25-20/h1-9,12-13H,10-11H2,(H,21,22,23). The van der Waals surface area contributed by atoms with Crippen molar-refractivity contribution in [1.82, 2.24) is 4.98 Å². The predicted octanol–water partition coefficient (Wildman–Crippen LogP) is 3.93. The van der Waals surface area contributed by atoms with Gasteiger partial charge in [0.25, 0.3) is 0 Å². The molecule has 0 saturated carbocycles. The molecule has 0 atom stereocenters. The van der Waals surface area contributed by atoms with Crippen LogP contribution in [0.3, 0.4) is 0 Å². The van der Waals surface area contributed by atoms with Crippen molar-refractivity contribution in [3.63, 3.8) is 0 Å². The van der Waals surface area contributed by atoms with Crippen molar-refractivity contribution in [3.8, 4) is 0 Å². The number of hydrogen-bond donors (Lipinski definition) is 1. The van der Waals surface area contributed by atoms with E-state index in [9.17, 15) is 4.79 Å². The first-order valence-electron chi connectivity index (χ1n) is 8.05. The quantitative estimate of drug-likeness (QED) is 0.341. The van der Waals surface area contributed by atoms with E-state index >= 15 is 0 Å². The van der Waals surface area contributed by atoms with Crippen molar-refractivity contribution in [3.05, 3.63) is 82.8 Å². The SMILES string of the molecule is O=c1nc(NOCCc2ccccc2)c2cc3ccccc3cc2o1. The molecule has 0 aliphatic carbocycles. The summed E-state index contributed by atoms with van der Waals surface area (Å²) in [7, 11) is 0. The Kier molecular flexibility index (Phi) is 4.14. The first kappa shape index (κ1) is 15.4. The van der Waals surface area contributed by atoms with Crippen LogP contribution in [0.25, 0.3) is 21.7 Å². The second-order valence-corrected chi connectivity index (χ2v) is 5.71. The third-order valence-corrected chi connectivity index (χ3v) is 4.01. The average Bonchev–Trinajstić information content (AvgIpc) is 2.64. The summed E-state index contributed by atoms with van der Waals surface area (Å²) in [5, 5.41) is 2.75. The Morgan fingerprint density at radius 1 is 0.960 bits per heavy atom. The third-order valence-electron chi connectivity index (χ3n) is 4.01. The summed E-state index contributed by atoms with van der Waals surface area (Å²) in [6.45, 7) is 0.459. The molecule has 4 rings (SSSR count). The van der Waals surface area contributed by atoms with E-state index in [1.54, 1.807) is 0 Å². The highest BCUT2D eigenvalue weighted by Gasteiger charge is 2.09. The van der Waals surface area contributed by atoms with Gasteiger partial charge >= 0.3 is 5.76 Å². The number of aromatic nitrogens is 1. The number of nitrogens with zero attached hydrogens (tertiary/aromatic N) is 1. The normalized spacial score (nSPS) is 11.0. The number of anilines is 1. The molecule has 25 heavy (non-hydrogen) atoms. The topological polar surface area (TPSA) is 64.4 Å². The summed E-state index contributed by atoms with van der Waals surface area (Å²) >= 11 is 0. The summed E-state index contributed by atoms with van der Waals surface area (Å²) in [6, 6.07) is 21.7. The van der Waals surface area contributed by atoms with Crippen LogP contribution >= 0.6 is 0 Å². The Morgan fingerprint density at radius 2 is 1.68 bits per heavy atom. The van der Waals surface area contributed by atoms with Crippen LogP contribution < -0.4 is 11.2 Å². The van der Waals surface area contributed by atoms with Crippen molar-refractivity contribution in [2.75, 3.05) is 12.1 Å². The molecule has 5 heteroatoms. The number of fused-ring (bicyclic) bond motifs is 2. The molecule has 5 nitrogen and oxygen atoms in total. The lowest BCUT2D eigenvalue weighted by molar-refractivity contribution is 0.196. The molecule has 1 heterocycles. The summed E-state index contributed by atoms with van der Waals surface area (Å²) < 4.78 is 5.22. The molecule has 0 amide bonds. The summed E-state index contributed by atoms with van der Waals surface area (Å²) in [6.07, 6.45) is 0.760. The fourth-order valence-electron chi connectivity index (χ4n) is 2.77. The van der Waals surface area contributed by atoms with Crippen LogP contribution in [0.1, 0.15) is 5.56 Å². The minimum absolute atomic E-state index is 0.366. The minimum Gasteiger partial charge on any atom is -0.408 e. The molecule has 0 spiro atoms. The number of benzene rings is 3. The van der Waals surface area contributed by atoms with Crippen LogP contribution in [0.15, 0.2) is 75.9 Å². The van der Waals surface area contributed by atoms with E-state index in [1.807, 2.05) is 66.7 Å². The summed E-state index contributed by atoms with van der Waals surface area (Å²) in [5.74, 6) is -0.290. The summed E-state index contributed by atoms with van der Waals surface area (Å²) in [4.78, 5) is 21.1. The Labute approximate surface area is 143 Å². The third kappa shape index (κ3) is 3.36. The second-order valence-electron chi connectivity index (χ2n) is 5.71. The molecular weight excluding hydrogens is 316 g/mol. The van der Waals surface area contributed by atoms with E-state index in [1.165, 1.54) is 5.56 Å². The second kappa shape index (κ2) is 6.75. The van der Waals surface area contributed by atoms with Crippen molar-refractivity contribution in [2.24, 2.45) is 0 Å². The van der Waals surface area contributed by atoms with E-state index < -0.39 is 5.76 Å². The highest BCUT2D eigenvalue weighted by Crippen LogP contribution is 2.25. The van der Waals surface area contributed by atoms with E-state index in [0.717, 1.165) is 17.2 Å². The Bertz CT molecular complexity index is 1070. The largest absolute Gasteiger partial charge is 0.441 e. The lowest BCUT2D eigenvalue weighted by atomic mass is 10.1. The molecule has 3 aromatic carbocycles. The van der Waals surface area contributed by atoms with E-state index in [-0.39, 0.29) is 0 Å². The first-order valence-corrected chi connectivity index (χ1v) is 8.05. The number of nitrogens with one attached hydrogen (secondary N) is 1. The molecule has 0 fully saturated rings. The highest BCUT2D eigenvalue weighted by molar-refractivity contribution is 5.99. The van der Waals surface area contributed by atoms with Gasteiger partial charge in [0.05, 0.1) is 12.0 Å². The van der Waals surface area contributed by atoms with Crippen molar-refractivity contribution in [1.29, 1.82) is 0 Å². The van der Waals surface area contributed by atoms with Gasteiger partial charge in [0, 0.05) is 0 Å². The molecule has 0 aliphatic rings. The molecule has 0 saturated heterocycles. The minimum atomic E-state index is -0.656. The van der Waals surface area contributed by atoms with Gasteiger partial charge in [-0.1, -0.05) is 54.6 Å². The van der Waals surface area contributed by atoms with Gasteiger partial charge in [0.2, 0.25) is 0 Å². The fraction of sp³-hybridized carbons (Fsp3) is 0.100. The molecule has 0 unspecified atom stereocenters. The smallest absolute Gasteiger partial charge is 0.408 e.